The lowest BCUT2D eigenvalue weighted by atomic mass is 10.2. The Bertz CT molecular complexity index is 691. The first kappa shape index (κ1) is 9.96. The Balaban J connectivity index is 2.22. The van der Waals surface area contributed by atoms with Gasteiger partial charge in [0, 0.05) is 6.20 Å². The third-order valence-electron chi connectivity index (χ3n) is 2.55. The van der Waals surface area contributed by atoms with Crippen LogP contribution in [0.5, 0.6) is 0 Å². The second kappa shape index (κ2) is 3.66. The highest BCUT2D eigenvalue weighted by molar-refractivity contribution is 5.76. The van der Waals surface area contributed by atoms with Crippen molar-refractivity contribution in [3.8, 4) is 11.5 Å². The maximum Gasteiger partial charge on any atom is 0.230 e. The van der Waals surface area contributed by atoms with Crippen LogP contribution in [-0.4, -0.2) is 9.97 Å². The lowest BCUT2D eigenvalue weighted by Gasteiger charge is -1.94. The summed E-state index contributed by atoms with van der Waals surface area (Å²) in [5.41, 5.74) is 2.81. The minimum absolute atomic E-state index is 0.283. The van der Waals surface area contributed by atoms with Crippen LogP contribution in [0.1, 0.15) is 5.56 Å². The van der Waals surface area contributed by atoms with E-state index in [1.165, 1.54) is 6.20 Å². The van der Waals surface area contributed by atoms with Crippen LogP contribution in [-0.2, 0) is 0 Å². The smallest absolute Gasteiger partial charge is 0.230 e. The molecule has 0 spiro atoms. The Labute approximate surface area is 96.9 Å². The normalized spacial score (nSPS) is 10.9. The molecule has 0 saturated heterocycles. The van der Waals surface area contributed by atoms with Crippen LogP contribution >= 0.6 is 0 Å². The summed E-state index contributed by atoms with van der Waals surface area (Å²) in [5.74, 6) is -0.152. The molecule has 0 atom stereocenters. The molecule has 0 aliphatic carbocycles. The standard InChI is InChI=1S/C13H9FN2O/c1-8-2-3-12-11(6-8)16-13(17-12)9-4-5-15-7-10(9)14/h2-7H,1H3. The fourth-order valence-corrected chi connectivity index (χ4v) is 1.70. The predicted octanol–water partition coefficient (Wildman–Crippen LogP) is 3.34. The minimum Gasteiger partial charge on any atom is -0.436 e. The molecule has 3 nitrogen and oxygen atoms in total. The molecule has 3 aromatic rings. The lowest BCUT2D eigenvalue weighted by molar-refractivity contribution is 0.590. The first-order valence-electron chi connectivity index (χ1n) is 5.21. The van der Waals surface area contributed by atoms with Gasteiger partial charge in [-0.2, -0.15) is 0 Å². The summed E-state index contributed by atoms with van der Waals surface area (Å²) in [6, 6.07) is 7.22. The lowest BCUT2D eigenvalue weighted by Crippen LogP contribution is -1.84. The van der Waals surface area contributed by atoms with Crippen molar-refractivity contribution in [1.29, 1.82) is 0 Å². The van der Waals surface area contributed by atoms with E-state index in [9.17, 15) is 4.39 Å². The molecule has 1 aromatic carbocycles. The van der Waals surface area contributed by atoms with Gasteiger partial charge in [-0.15, -0.1) is 0 Å². The third kappa shape index (κ3) is 1.67. The first-order valence-corrected chi connectivity index (χ1v) is 5.21. The summed E-state index contributed by atoms with van der Waals surface area (Å²) in [5, 5.41) is 0. The molecule has 0 aliphatic rings. The predicted molar refractivity (Wildman–Crippen MR) is 61.9 cm³/mol. The largest absolute Gasteiger partial charge is 0.436 e. The number of aromatic nitrogens is 2. The monoisotopic (exact) mass is 228 g/mol. The van der Waals surface area contributed by atoms with Crippen molar-refractivity contribution in [1.82, 2.24) is 9.97 Å². The summed E-state index contributed by atoms with van der Waals surface area (Å²) in [6.07, 6.45) is 2.66. The van der Waals surface area contributed by atoms with Crippen LogP contribution in [0.4, 0.5) is 4.39 Å². The number of rotatable bonds is 1. The first-order chi connectivity index (χ1) is 8.24. The van der Waals surface area contributed by atoms with Gasteiger partial charge in [0.1, 0.15) is 5.52 Å². The summed E-state index contributed by atoms with van der Waals surface area (Å²) < 4.78 is 19.0. The molecule has 84 valence electrons. The molecule has 0 unspecified atom stereocenters. The SMILES string of the molecule is Cc1ccc2oc(-c3ccncc3F)nc2c1. The van der Waals surface area contributed by atoms with Gasteiger partial charge in [0.15, 0.2) is 11.4 Å². The van der Waals surface area contributed by atoms with Gasteiger partial charge in [-0.25, -0.2) is 9.37 Å². The molecule has 2 aromatic heterocycles. The second-order valence-electron chi connectivity index (χ2n) is 3.85. The van der Waals surface area contributed by atoms with Crippen molar-refractivity contribution in [2.45, 2.75) is 6.92 Å². The number of benzene rings is 1. The number of halogens is 1. The number of oxazole rings is 1. The van der Waals surface area contributed by atoms with Gasteiger partial charge in [-0.3, -0.25) is 4.98 Å². The number of hydrogen-bond acceptors (Lipinski definition) is 3. The fourth-order valence-electron chi connectivity index (χ4n) is 1.70. The molecule has 0 N–H and O–H groups in total. The van der Waals surface area contributed by atoms with Crippen molar-refractivity contribution in [2.75, 3.05) is 0 Å². The van der Waals surface area contributed by atoms with E-state index in [0.717, 1.165) is 17.3 Å². The zero-order valence-corrected chi connectivity index (χ0v) is 9.14. The van der Waals surface area contributed by atoms with Gasteiger partial charge in [0.25, 0.3) is 0 Å². The summed E-state index contributed by atoms with van der Waals surface area (Å²) in [6.45, 7) is 1.97. The average molecular weight is 228 g/mol. The molecule has 4 heteroatoms. The van der Waals surface area contributed by atoms with Crippen LogP contribution in [0.3, 0.4) is 0 Å². The molecule has 3 rings (SSSR count). The maximum atomic E-state index is 13.5. The van der Waals surface area contributed by atoms with Gasteiger partial charge in [0.2, 0.25) is 5.89 Å². The van der Waals surface area contributed by atoms with Gasteiger partial charge >= 0.3 is 0 Å². The van der Waals surface area contributed by atoms with E-state index < -0.39 is 5.82 Å². The number of fused-ring (bicyclic) bond motifs is 1. The second-order valence-corrected chi connectivity index (χ2v) is 3.85. The van der Waals surface area contributed by atoms with Gasteiger partial charge in [-0.05, 0) is 30.7 Å². The van der Waals surface area contributed by atoms with Gasteiger partial charge < -0.3 is 4.42 Å². The highest BCUT2D eigenvalue weighted by Crippen LogP contribution is 2.26. The molecular formula is C13H9FN2O. The van der Waals surface area contributed by atoms with E-state index in [1.54, 1.807) is 6.07 Å². The maximum absolute atomic E-state index is 13.5. The van der Waals surface area contributed by atoms with Crippen molar-refractivity contribution in [3.63, 3.8) is 0 Å². The van der Waals surface area contributed by atoms with Gasteiger partial charge in [-0.1, -0.05) is 6.07 Å². The van der Waals surface area contributed by atoms with E-state index in [2.05, 4.69) is 9.97 Å². The van der Waals surface area contributed by atoms with Crippen LogP contribution < -0.4 is 0 Å². The molecule has 0 fully saturated rings. The Morgan fingerprint density at radius 2 is 2.12 bits per heavy atom. The van der Waals surface area contributed by atoms with E-state index in [1.807, 2.05) is 25.1 Å². The van der Waals surface area contributed by atoms with Crippen LogP contribution in [0.25, 0.3) is 22.6 Å². The number of pyridine rings is 1. The summed E-state index contributed by atoms with van der Waals surface area (Å²) in [7, 11) is 0. The van der Waals surface area contributed by atoms with E-state index in [4.69, 9.17) is 4.42 Å². The zero-order chi connectivity index (χ0) is 11.8. The third-order valence-corrected chi connectivity index (χ3v) is 2.55. The zero-order valence-electron chi connectivity index (χ0n) is 9.14. The van der Waals surface area contributed by atoms with Crippen LogP contribution in [0.15, 0.2) is 41.1 Å². The number of aryl methyl sites for hydroxylation is 1. The minimum atomic E-state index is -0.434. The summed E-state index contributed by atoms with van der Waals surface area (Å²) >= 11 is 0. The molecule has 0 aliphatic heterocycles. The molecule has 2 heterocycles. The molecule has 0 saturated carbocycles. The average Bonchev–Trinajstić information content (AvgIpc) is 2.72. The fraction of sp³-hybridized carbons (Fsp3) is 0.0769. The Kier molecular flexibility index (Phi) is 2.14. The van der Waals surface area contributed by atoms with Gasteiger partial charge in [0.05, 0.1) is 11.8 Å². The topological polar surface area (TPSA) is 38.9 Å². The molecule has 0 amide bonds. The van der Waals surface area contributed by atoms with Crippen molar-refractivity contribution in [2.24, 2.45) is 0 Å². The Morgan fingerprint density at radius 3 is 2.94 bits per heavy atom. The van der Waals surface area contributed by atoms with Crippen LogP contribution in [0.2, 0.25) is 0 Å². The van der Waals surface area contributed by atoms with Crippen molar-refractivity contribution >= 4 is 11.1 Å². The van der Waals surface area contributed by atoms with Crippen molar-refractivity contribution in [3.05, 3.63) is 48.0 Å². The number of nitrogens with zero attached hydrogens (tertiary/aromatic N) is 2. The van der Waals surface area contributed by atoms with Crippen molar-refractivity contribution < 1.29 is 8.81 Å². The molecule has 0 bridgehead atoms. The highest BCUT2D eigenvalue weighted by Gasteiger charge is 2.12. The van der Waals surface area contributed by atoms with Crippen LogP contribution in [0, 0.1) is 12.7 Å². The Hall–Kier alpha value is -2.23. The van der Waals surface area contributed by atoms with E-state index in [0.29, 0.717) is 11.1 Å². The highest BCUT2D eigenvalue weighted by atomic mass is 19.1. The molecular weight excluding hydrogens is 219 g/mol. The van der Waals surface area contributed by atoms with E-state index in [-0.39, 0.29) is 5.89 Å². The van der Waals surface area contributed by atoms with E-state index >= 15 is 0 Å². The Morgan fingerprint density at radius 1 is 1.24 bits per heavy atom. The molecule has 17 heavy (non-hydrogen) atoms. The summed E-state index contributed by atoms with van der Waals surface area (Å²) in [4.78, 5) is 7.96. The molecule has 0 radical (unpaired) electrons. The number of hydrogen-bond donors (Lipinski definition) is 0. The quantitative estimate of drug-likeness (QED) is 0.641.